The second-order valence-electron chi connectivity index (χ2n) is 22.2. The van der Waals surface area contributed by atoms with Gasteiger partial charge in [-0.1, -0.05) is 240 Å². The maximum atomic E-state index is 13.5. The molecule has 9 nitrogen and oxygen atoms in total. The maximum Gasteiger partial charge on any atom is 0.306 e. The predicted molar refractivity (Wildman–Crippen MR) is 330 cm³/mol. The van der Waals surface area contributed by atoms with Crippen LogP contribution in [0, 0.1) is 0 Å². The van der Waals surface area contributed by atoms with Crippen LogP contribution in [0.25, 0.3) is 0 Å². The van der Waals surface area contributed by atoms with Gasteiger partial charge in [-0.2, -0.15) is 0 Å². The number of phosphoric ester groups is 1. The van der Waals surface area contributed by atoms with Gasteiger partial charge in [0.05, 0.1) is 33.8 Å². The SMILES string of the molecule is CC/C=C\C/C=C\C/C=C\C/C=C\C/C=C\C/C=C\CCCCC(=O)NC(COP(=O)([O-])OCC[N+](C)(C)C)C(/C=C\CCCCCCCCCCCCC)OC(=O)CCCCCCCCC/C=C/CCCCCCCC. The molecule has 0 aliphatic heterocycles. The Labute approximate surface area is 475 Å². The van der Waals surface area contributed by atoms with Gasteiger partial charge in [0, 0.05) is 12.8 Å². The highest BCUT2D eigenvalue weighted by Crippen LogP contribution is 2.38. The second kappa shape index (κ2) is 56.2. The molecule has 1 amide bonds. The van der Waals surface area contributed by atoms with Crippen LogP contribution < -0.4 is 10.2 Å². The summed E-state index contributed by atoms with van der Waals surface area (Å²) < 4.78 is 30.3. The lowest BCUT2D eigenvalue weighted by atomic mass is 10.0. The molecule has 0 radical (unpaired) electrons. The molecule has 1 N–H and O–H groups in total. The lowest BCUT2D eigenvalue weighted by molar-refractivity contribution is -0.870. The number of amides is 1. The van der Waals surface area contributed by atoms with Crippen LogP contribution in [0.5, 0.6) is 0 Å². The molecule has 77 heavy (non-hydrogen) atoms. The van der Waals surface area contributed by atoms with Crippen LogP contribution in [-0.4, -0.2) is 69.4 Å². The summed E-state index contributed by atoms with van der Waals surface area (Å²) in [6.07, 6.45) is 75.2. The van der Waals surface area contributed by atoms with Crippen molar-refractivity contribution in [3.63, 3.8) is 0 Å². The first-order valence-electron chi connectivity index (χ1n) is 31.5. The van der Waals surface area contributed by atoms with Crippen LogP contribution >= 0.6 is 7.82 Å². The molecule has 10 heteroatoms. The molecular weight excluding hydrogens is 976 g/mol. The largest absolute Gasteiger partial charge is 0.756 e. The molecule has 3 atom stereocenters. The number of quaternary nitrogens is 1. The van der Waals surface area contributed by atoms with Gasteiger partial charge in [0.15, 0.2) is 0 Å². The highest BCUT2D eigenvalue weighted by Gasteiger charge is 2.27. The van der Waals surface area contributed by atoms with Crippen LogP contribution in [0.1, 0.15) is 265 Å². The number of nitrogens with zero attached hydrogens (tertiary/aromatic N) is 1. The van der Waals surface area contributed by atoms with Crippen LogP contribution in [0.4, 0.5) is 0 Å². The number of ether oxygens (including phenoxy) is 1. The Hall–Kier alpha value is -3.07. The Balaban J connectivity index is 5.37. The van der Waals surface area contributed by atoms with Crippen molar-refractivity contribution in [2.75, 3.05) is 40.9 Å². The van der Waals surface area contributed by atoms with Crippen molar-refractivity contribution in [1.29, 1.82) is 0 Å². The van der Waals surface area contributed by atoms with Crippen LogP contribution in [0.2, 0.25) is 0 Å². The van der Waals surface area contributed by atoms with Crippen LogP contribution in [0.15, 0.2) is 97.2 Å². The molecule has 444 valence electrons. The fourth-order valence-electron chi connectivity index (χ4n) is 8.64. The summed E-state index contributed by atoms with van der Waals surface area (Å²) in [7, 11) is 1.14. The first kappa shape index (κ1) is 73.9. The minimum atomic E-state index is -4.72. The number of nitrogens with one attached hydrogen (secondary N) is 1. The van der Waals surface area contributed by atoms with Crippen molar-refractivity contribution in [3.8, 4) is 0 Å². The third-order valence-electron chi connectivity index (χ3n) is 13.5. The Morgan fingerprint density at radius 1 is 0.468 bits per heavy atom. The highest BCUT2D eigenvalue weighted by atomic mass is 31.2. The molecular formula is C67H119N2O7P. The Morgan fingerprint density at radius 2 is 0.831 bits per heavy atom. The summed E-state index contributed by atoms with van der Waals surface area (Å²) in [5, 5.41) is 3.00. The molecule has 0 spiro atoms. The molecule has 0 heterocycles. The van der Waals surface area contributed by atoms with Crippen molar-refractivity contribution >= 4 is 19.7 Å². The topological polar surface area (TPSA) is 114 Å². The van der Waals surface area contributed by atoms with Gasteiger partial charge in [0.2, 0.25) is 5.91 Å². The zero-order valence-electron chi connectivity index (χ0n) is 50.6. The summed E-state index contributed by atoms with van der Waals surface area (Å²) >= 11 is 0. The first-order chi connectivity index (χ1) is 37.4. The molecule has 0 rings (SSSR count). The average Bonchev–Trinajstić information content (AvgIpc) is 3.39. The van der Waals surface area contributed by atoms with E-state index in [-0.39, 0.29) is 31.3 Å². The molecule has 0 aromatic rings. The van der Waals surface area contributed by atoms with E-state index in [9.17, 15) is 19.0 Å². The molecule has 0 aromatic heterocycles. The summed E-state index contributed by atoms with van der Waals surface area (Å²) in [4.78, 5) is 40.0. The van der Waals surface area contributed by atoms with E-state index in [0.29, 0.717) is 17.4 Å². The highest BCUT2D eigenvalue weighted by molar-refractivity contribution is 7.45. The first-order valence-corrected chi connectivity index (χ1v) is 33.0. The molecule has 0 aromatic carbocycles. The Bertz CT molecular complexity index is 1640. The molecule has 0 aliphatic rings. The van der Waals surface area contributed by atoms with Crippen molar-refractivity contribution in [2.45, 2.75) is 277 Å². The van der Waals surface area contributed by atoms with Crippen molar-refractivity contribution in [1.82, 2.24) is 5.32 Å². The number of hydrogen-bond donors (Lipinski definition) is 1. The van der Waals surface area contributed by atoms with E-state index >= 15 is 0 Å². The minimum Gasteiger partial charge on any atom is -0.756 e. The molecule has 0 saturated carbocycles. The number of likely N-dealkylation sites (N-methyl/N-ethyl adjacent to an activating group) is 1. The van der Waals surface area contributed by atoms with E-state index in [0.717, 1.165) is 103 Å². The quantitative estimate of drug-likeness (QED) is 0.0212. The number of carbonyl (C=O) groups excluding carboxylic acids is 2. The number of phosphoric acid groups is 1. The average molecular weight is 1100 g/mol. The molecule has 0 saturated heterocycles. The summed E-state index contributed by atoms with van der Waals surface area (Å²) in [5.74, 6) is -0.598. The third kappa shape index (κ3) is 57.4. The smallest absolute Gasteiger partial charge is 0.306 e. The minimum absolute atomic E-state index is 0.0357. The lowest BCUT2D eigenvalue weighted by Gasteiger charge is -2.30. The van der Waals surface area contributed by atoms with Gasteiger partial charge in [-0.15, -0.1) is 0 Å². The number of hydrogen-bond acceptors (Lipinski definition) is 7. The van der Waals surface area contributed by atoms with E-state index in [1.54, 1.807) is 0 Å². The van der Waals surface area contributed by atoms with E-state index in [1.165, 1.54) is 122 Å². The van der Waals surface area contributed by atoms with E-state index in [2.05, 4.69) is 111 Å². The maximum absolute atomic E-state index is 13.5. The van der Waals surface area contributed by atoms with E-state index in [1.807, 2.05) is 33.3 Å². The summed E-state index contributed by atoms with van der Waals surface area (Å²) in [5.41, 5.74) is 0. The number of esters is 1. The van der Waals surface area contributed by atoms with Gasteiger partial charge in [-0.05, 0) is 109 Å². The van der Waals surface area contributed by atoms with Gasteiger partial charge in [0.1, 0.15) is 19.3 Å². The molecule has 0 fully saturated rings. The standard InChI is InChI=1S/C67H119N2O7P/c1-7-10-13-16-19-22-25-28-30-32-33-34-35-37-38-41-44-47-50-53-56-59-66(70)68-64(63-75-77(72,73)74-62-61-69(4,5)6)65(58-55-52-49-46-43-40-27-24-21-18-15-12-9-3)76-67(71)60-57-54-51-48-45-42-39-36-31-29-26-23-20-17-14-11-8-2/h10,13,19,22,28-31,33-34,37-38,44,47,55,58,64-65H,7-9,11-12,14-18,20-21,23-27,32,35-36,39-43,45-46,48-54,56-57,59-63H2,1-6H3,(H-,68,70,72,73)/b13-10-,22-19-,30-28-,31-29+,34-33-,38-37-,47-44-,58-55-. The predicted octanol–water partition coefficient (Wildman–Crippen LogP) is 18.9. The van der Waals surface area contributed by atoms with E-state index < -0.39 is 26.6 Å². The number of allylic oxidation sites excluding steroid dienone is 15. The van der Waals surface area contributed by atoms with Crippen LogP contribution in [0.3, 0.4) is 0 Å². The van der Waals surface area contributed by atoms with Gasteiger partial charge >= 0.3 is 5.97 Å². The van der Waals surface area contributed by atoms with Gasteiger partial charge in [-0.3, -0.25) is 14.2 Å². The summed E-state index contributed by atoms with van der Waals surface area (Å²) in [6.45, 7) is 6.69. The second-order valence-corrected chi connectivity index (χ2v) is 23.6. The molecule has 3 unspecified atom stereocenters. The Morgan fingerprint density at radius 3 is 1.27 bits per heavy atom. The zero-order valence-corrected chi connectivity index (χ0v) is 51.5. The molecule has 0 bridgehead atoms. The van der Waals surface area contributed by atoms with Crippen molar-refractivity contribution < 1.29 is 37.3 Å². The normalized spacial score (nSPS) is 14.3. The zero-order chi connectivity index (χ0) is 56.4. The summed E-state index contributed by atoms with van der Waals surface area (Å²) in [6, 6.07) is -0.918. The van der Waals surface area contributed by atoms with Gasteiger partial charge in [0.25, 0.3) is 7.82 Å². The fourth-order valence-corrected chi connectivity index (χ4v) is 9.36. The van der Waals surface area contributed by atoms with Crippen molar-refractivity contribution in [3.05, 3.63) is 97.2 Å². The molecule has 0 aliphatic carbocycles. The Kier molecular flexibility index (Phi) is 54.0. The van der Waals surface area contributed by atoms with Crippen LogP contribution in [-0.2, 0) is 27.9 Å². The van der Waals surface area contributed by atoms with Gasteiger partial charge in [-0.25, -0.2) is 0 Å². The lowest BCUT2D eigenvalue weighted by Crippen LogP contribution is -2.47. The monoisotopic (exact) mass is 1090 g/mol. The van der Waals surface area contributed by atoms with Gasteiger partial charge < -0.3 is 28.5 Å². The number of unbranched alkanes of at least 4 members (excludes halogenated alkanes) is 26. The number of rotatable bonds is 56. The van der Waals surface area contributed by atoms with Crippen molar-refractivity contribution in [2.24, 2.45) is 0 Å². The van der Waals surface area contributed by atoms with E-state index in [4.69, 9.17) is 13.8 Å². The number of carbonyl (C=O) groups is 2. The third-order valence-corrected chi connectivity index (χ3v) is 14.5. The fraction of sp³-hybridized carbons (Fsp3) is 0.731.